The molecular formula is C18H19ClF2N6O. The predicted molar refractivity (Wildman–Crippen MR) is 101 cm³/mol. The molecule has 1 saturated heterocycles. The molecule has 2 atom stereocenters. The van der Waals surface area contributed by atoms with Crippen LogP contribution in [0.5, 0.6) is 0 Å². The van der Waals surface area contributed by atoms with Crippen LogP contribution in [0.1, 0.15) is 19.7 Å². The first-order valence-corrected chi connectivity index (χ1v) is 9.19. The van der Waals surface area contributed by atoms with Gasteiger partial charge in [-0.25, -0.2) is 19.6 Å². The van der Waals surface area contributed by atoms with Crippen molar-refractivity contribution in [2.24, 2.45) is 5.92 Å². The minimum Gasteiger partial charge on any atom is -0.379 e. The lowest BCUT2D eigenvalue weighted by Gasteiger charge is -2.15. The second-order valence-corrected chi connectivity index (χ2v) is 7.43. The molecule has 7 nitrogen and oxygen atoms in total. The summed E-state index contributed by atoms with van der Waals surface area (Å²) in [6, 6.07) is 3.18. The Bertz CT molecular complexity index is 1020. The van der Waals surface area contributed by atoms with Gasteiger partial charge in [0.1, 0.15) is 5.15 Å². The van der Waals surface area contributed by atoms with E-state index < -0.39 is 11.7 Å². The van der Waals surface area contributed by atoms with Crippen molar-refractivity contribution in [2.75, 3.05) is 25.1 Å². The molecule has 10 heteroatoms. The Morgan fingerprint density at radius 2 is 2.07 bits per heavy atom. The minimum atomic E-state index is -3.16. The van der Waals surface area contributed by atoms with E-state index in [0.717, 1.165) is 18.9 Å². The number of halogens is 3. The first-order chi connectivity index (χ1) is 13.3. The van der Waals surface area contributed by atoms with E-state index >= 15 is 0 Å². The van der Waals surface area contributed by atoms with Crippen molar-refractivity contribution < 1.29 is 13.5 Å². The van der Waals surface area contributed by atoms with Gasteiger partial charge in [0.2, 0.25) is 5.82 Å². The third-order valence-corrected chi connectivity index (χ3v) is 5.12. The summed E-state index contributed by atoms with van der Waals surface area (Å²) in [6.45, 7) is 4.31. The van der Waals surface area contributed by atoms with Crippen molar-refractivity contribution in [2.45, 2.75) is 25.9 Å². The van der Waals surface area contributed by atoms with Crippen molar-refractivity contribution in [1.29, 1.82) is 0 Å². The van der Waals surface area contributed by atoms with Crippen LogP contribution in [-0.4, -0.2) is 51.0 Å². The van der Waals surface area contributed by atoms with Gasteiger partial charge < -0.3 is 9.64 Å². The average molecular weight is 409 g/mol. The maximum absolute atomic E-state index is 13.7. The van der Waals surface area contributed by atoms with E-state index in [1.807, 2.05) is 0 Å². The third-order valence-electron chi connectivity index (χ3n) is 4.91. The van der Waals surface area contributed by atoms with E-state index in [-0.39, 0.29) is 17.1 Å². The van der Waals surface area contributed by atoms with Gasteiger partial charge in [0.15, 0.2) is 11.6 Å². The number of fused-ring (bicyclic) bond motifs is 1. The van der Waals surface area contributed by atoms with Crippen LogP contribution in [0.25, 0.3) is 16.7 Å². The molecule has 3 aromatic heterocycles. The summed E-state index contributed by atoms with van der Waals surface area (Å²) in [7, 11) is 1.69. The van der Waals surface area contributed by atoms with Gasteiger partial charge in [-0.2, -0.15) is 8.78 Å². The summed E-state index contributed by atoms with van der Waals surface area (Å²) < 4.78 is 34.4. The molecule has 0 bridgehead atoms. The molecule has 0 radical (unpaired) electrons. The predicted octanol–water partition coefficient (Wildman–Crippen LogP) is 3.45. The normalized spacial score (nSPS) is 20.3. The summed E-state index contributed by atoms with van der Waals surface area (Å²) >= 11 is 6.08. The highest BCUT2D eigenvalue weighted by Crippen LogP contribution is 2.33. The number of ether oxygens (including phenoxy) is 1. The number of hydrogen-bond acceptors (Lipinski definition) is 6. The van der Waals surface area contributed by atoms with Crippen LogP contribution in [0.3, 0.4) is 0 Å². The molecule has 3 aromatic rings. The van der Waals surface area contributed by atoms with Gasteiger partial charge in [-0.15, -0.1) is 5.10 Å². The molecular weight excluding hydrogens is 390 g/mol. The maximum atomic E-state index is 13.7. The number of hydrogen-bond donors (Lipinski definition) is 0. The first-order valence-electron chi connectivity index (χ1n) is 8.81. The zero-order valence-electron chi connectivity index (χ0n) is 15.6. The highest BCUT2D eigenvalue weighted by molar-refractivity contribution is 6.30. The molecule has 0 aliphatic carbocycles. The van der Waals surface area contributed by atoms with Gasteiger partial charge >= 0.3 is 5.92 Å². The molecule has 1 fully saturated rings. The first kappa shape index (κ1) is 18.9. The summed E-state index contributed by atoms with van der Waals surface area (Å²) in [5.41, 5.74) is 0.632. The van der Waals surface area contributed by atoms with E-state index in [9.17, 15) is 8.78 Å². The van der Waals surface area contributed by atoms with Crippen LogP contribution in [0, 0.1) is 5.92 Å². The van der Waals surface area contributed by atoms with E-state index in [1.165, 1.54) is 16.9 Å². The van der Waals surface area contributed by atoms with E-state index in [0.29, 0.717) is 23.8 Å². The topological polar surface area (TPSA) is 69.0 Å². The average Bonchev–Trinajstić information content (AvgIpc) is 3.21. The Balaban J connectivity index is 1.85. The van der Waals surface area contributed by atoms with Crippen LogP contribution in [-0.2, 0) is 10.7 Å². The zero-order chi connectivity index (χ0) is 20.1. The zero-order valence-corrected chi connectivity index (χ0v) is 16.4. The van der Waals surface area contributed by atoms with Gasteiger partial charge in [-0.1, -0.05) is 18.5 Å². The standard InChI is InChI=1S/C18H19ClF2N6O/c1-10-8-26(9-13(10)28-3)16-11-7-23-14(19)6-12(11)27(25-16)15-4-5-22-17(24-15)18(2,20)21/h4-7,10,13H,8-9H2,1-3H3. The molecule has 0 saturated carbocycles. The molecule has 148 valence electrons. The Hall–Kier alpha value is -2.39. The summed E-state index contributed by atoms with van der Waals surface area (Å²) in [4.78, 5) is 14.0. The molecule has 0 spiro atoms. The molecule has 1 aliphatic heterocycles. The summed E-state index contributed by atoms with van der Waals surface area (Å²) in [6.07, 6.45) is 3.02. The fourth-order valence-corrected chi connectivity index (χ4v) is 3.63. The lowest BCUT2D eigenvalue weighted by atomic mass is 10.1. The molecule has 2 unspecified atom stereocenters. The number of aromatic nitrogens is 5. The third kappa shape index (κ3) is 3.29. The lowest BCUT2D eigenvalue weighted by molar-refractivity contribution is 0.00763. The Morgan fingerprint density at radius 3 is 2.75 bits per heavy atom. The minimum absolute atomic E-state index is 0.0879. The molecule has 28 heavy (non-hydrogen) atoms. The number of pyridine rings is 1. The van der Waals surface area contributed by atoms with Gasteiger partial charge in [-0.05, 0) is 0 Å². The van der Waals surface area contributed by atoms with Gasteiger partial charge in [0.25, 0.3) is 0 Å². The summed E-state index contributed by atoms with van der Waals surface area (Å²) in [5, 5.41) is 5.70. The molecule has 0 amide bonds. The lowest BCUT2D eigenvalue weighted by Crippen LogP contribution is -2.23. The highest BCUT2D eigenvalue weighted by Gasteiger charge is 2.33. The molecule has 0 aromatic carbocycles. The van der Waals surface area contributed by atoms with Crippen molar-refractivity contribution in [3.63, 3.8) is 0 Å². The van der Waals surface area contributed by atoms with Crippen molar-refractivity contribution >= 4 is 28.3 Å². The number of alkyl halides is 2. The second-order valence-electron chi connectivity index (χ2n) is 7.04. The SMILES string of the molecule is COC1CN(c2nn(-c3ccnc(C(C)(F)F)n3)c3cc(Cl)ncc23)CC1C. The highest BCUT2D eigenvalue weighted by atomic mass is 35.5. The molecule has 1 aliphatic rings. The number of rotatable bonds is 4. The Morgan fingerprint density at radius 1 is 1.29 bits per heavy atom. The molecule has 4 heterocycles. The maximum Gasteiger partial charge on any atom is 0.303 e. The van der Waals surface area contributed by atoms with Crippen LogP contribution in [0.15, 0.2) is 24.5 Å². The second kappa shape index (κ2) is 6.89. The van der Waals surface area contributed by atoms with Crippen LogP contribution in [0.2, 0.25) is 5.15 Å². The van der Waals surface area contributed by atoms with E-state index in [2.05, 4.69) is 31.9 Å². The monoisotopic (exact) mass is 408 g/mol. The van der Waals surface area contributed by atoms with Crippen LogP contribution in [0.4, 0.5) is 14.6 Å². The van der Waals surface area contributed by atoms with Crippen LogP contribution >= 0.6 is 11.6 Å². The Labute approximate surface area is 165 Å². The molecule has 4 rings (SSSR count). The van der Waals surface area contributed by atoms with Crippen molar-refractivity contribution in [3.05, 3.63) is 35.5 Å². The van der Waals surface area contributed by atoms with E-state index in [1.54, 1.807) is 19.4 Å². The number of nitrogens with zero attached hydrogens (tertiary/aromatic N) is 6. The van der Waals surface area contributed by atoms with Crippen molar-refractivity contribution in [1.82, 2.24) is 24.7 Å². The number of anilines is 1. The fraction of sp³-hybridized carbons (Fsp3) is 0.444. The summed E-state index contributed by atoms with van der Waals surface area (Å²) in [5.74, 6) is -2.47. The van der Waals surface area contributed by atoms with Crippen LogP contribution < -0.4 is 4.90 Å². The van der Waals surface area contributed by atoms with Crippen molar-refractivity contribution in [3.8, 4) is 5.82 Å². The quantitative estimate of drug-likeness (QED) is 0.616. The van der Waals surface area contributed by atoms with Gasteiger partial charge in [0.05, 0.1) is 17.0 Å². The number of methoxy groups -OCH3 is 1. The smallest absolute Gasteiger partial charge is 0.303 e. The van der Waals surface area contributed by atoms with E-state index in [4.69, 9.17) is 16.3 Å². The molecule has 0 N–H and O–H groups in total. The Kier molecular flexibility index (Phi) is 4.67. The van der Waals surface area contributed by atoms with Gasteiger partial charge in [-0.3, -0.25) is 0 Å². The largest absolute Gasteiger partial charge is 0.379 e. The fourth-order valence-electron chi connectivity index (χ4n) is 3.47. The van der Waals surface area contributed by atoms with Gasteiger partial charge in [0, 0.05) is 57.6 Å².